The van der Waals surface area contributed by atoms with Gasteiger partial charge in [0.05, 0.1) is 9.79 Å². The molecule has 0 aromatic heterocycles. The molecule has 0 fully saturated rings. The molecule has 2 aromatic carbocycles. The van der Waals surface area contributed by atoms with Crippen LogP contribution >= 0.6 is 63.7 Å². The summed E-state index contributed by atoms with van der Waals surface area (Å²) < 4.78 is 27.3. The van der Waals surface area contributed by atoms with Crippen molar-refractivity contribution < 1.29 is 8.42 Å². The van der Waals surface area contributed by atoms with E-state index in [4.69, 9.17) is 0 Å². The van der Waals surface area contributed by atoms with Gasteiger partial charge in [-0.15, -0.1) is 0 Å². The van der Waals surface area contributed by atoms with Gasteiger partial charge < -0.3 is 0 Å². The van der Waals surface area contributed by atoms with Crippen molar-refractivity contribution in [3.8, 4) is 0 Å². The van der Waals surface area contributed by atoms with Crippen LogP contribution in [0.5, 0.6) is 0 Å². The van der Waals surface area contributed by atoms with Gasteiger partial charge in [-0.05, 0) is 24.3 Å². The Morgan fingerprint density at radius 3 is 1.21 bits per heavy atom. The maximum Gasteiger partial charge on any atom is 0.206 e. The molecule has 2 nitrogen and oxygen atoms in total. The molecule has 98 valence electrons. The molecule has 0 unspecified atom stereocenters. The molecule has 0 bridgehead atoms. The molecule has 2 radical (unpaired) electrons. The van der Waals surface area contributed by atoms with Gasteiger partial charge in [0.15, 0.2) is 0 Å². The summed E-state index contributed by atoms with van der Waals surface area (Å²) in [5, 5.41) is 0. The molecule has 0 aliphatic heterocycles. The lowest BCUT2D eigenvalue weighted by Crippen LogP contribution is -2.02. The lowest BCUT2D eigenvalue weighted by molar-refractivity contribution is 0.596. The highest BCUT2D eigenvalue weighted by Gasteiger charge is 2.19. The number of hydrogen-bond acceptors (Lipinski definition) is 2. The van der Waals surface area contributed by atoms with E-state index in [2.05, 4.69) is 75.9 Å². The summed E-state index contributed by atoms with van der Waals surface area (Å²) in [5.41, 5.74) is 0. The first-order chi connectivity index (χ1) is 8.79. The molecular formula is C12H4Br4O2S. The minimum atomic E-state index is -3.59. The summed E-state index contributed by atoms with van der Waals surface area (Å²) in [6.07, 6.45) is 0. The van der Waals surface area contributed by atoms with Gasteiger partial charge in [-0.2, -0.15) is 0 Å². The molecule has 0 heterocycles. The van der Waals surface area contributed by atoms with Gasteiger partial charge in [0.1, 0.15) is 0 Å². The van der Waals surface area contributed by atoms with Crippen LogP contribution in [0.1, 0.15) is 0 Å². The molecule has 0 saturated carbocycles. The van der Waals surface area contributed by atoms with Crippen LogP contribution in [0.3, 0.4) is 0 Å². The van der Waals surface area contributed by atoms with Gasteiger partial charge in [-0.3, -0.25) is 0 Å². The highest BCUT2D eigenvalue weighted by molar-refractivity contribution is 9.11. The number of hydrogen-bond donors (Lipinski definition) is 0. The van der Waals surface area contributed by atoms with Crippen LogP contribution in [0.15, 0.2) is 51.9 Å². The fourth-order valence-corrected chi connectivity index (χ4v) is 5.74. The Balaban J connectivity index is 2.65. The highest BCUT2D eigenvalue weighted by Crippen LogP contribution is 2.30. The number of rotatable bonds is 2. The Bertz CT molecular complexity index is 643. The third-order valence-electron chi connectivity index (χ3n) is 2.17. The predicted octanol–water partition coefficient (Wildman–Crippen LogP) is 5.17. The molecule has 0 aliphatic rings. The van der Waals surface area contributed by atoms with Crippen LogP contribution < -0.4 is 0 Å². The van der Waals surface area contributed by atoms with Gasteiger partial charge in [0, 0.05) is 30.0 Å². The minimum Gasteiger partial charge on any atom is -0.219 e. The summed E-state index contributed by atoms with van der Waals surface area (Å²) in [6.45, 7) is 0. The standard InChI is InChI=1S/C12H4Br4O2S/c13-7-1-8(14)4-11(3-7)19(17,18)12-5-9(15)2-10(16)6-12/h3-6H. The van der Waals surface area contributed by atoms with Crippen LogP contribution in [-0.2, 0) is 9.84 Å². The zero-order valence-electron chi connectivity index (χ0n) is 9.05. The molecule has 0 spiro atoms. The molecule has 2 rings (SSSR count). The maximum absolute atomic E-state index is 12.5. The minimum absolute atomic E-state index is 0.190. The summed E-state index contributed by atoms with van der Waals surface area (Å²) in [7, 11) is -3.59. The third kappa shape index (κ3) is 3.69. The van der Waals surface area contributed by atoms with E-state index >= 15 is 0 Å². The van der Waals surface area contributed by atoms with Gasteiger partial charge in [-0.25, -0.2) is 8.42 Å². The quantitative estimate of drug-likeness (QED) is 0.536. The van der Waals surface area contributed by atoms with E-state index in [1.54, 1.807) is 0 Å². The van der Waals surface area contributed by atoms with Gasteiger partial charge in [0.25, 0.3) is 0 Å². The van der Waals surface area contributed by atoms with E-state index in [1.165, 1.54) is 24.3 Å². The van der Waals surface area contributed by atoms with E-state index in [-0.39, 0.29) is 9.79 Å². The van der Waals surface area contributed by atoms with Gasteiger partial charge >= 0.3 is 0 Å². The second kappa shape index (κ2) is 5.97. The SMILES string of the molecule is O=S(=O)(c1cc(Br)[c]c(Br)c1)c1cc(Br)[c]c(Br)c1. The van der Waals surface area contributed by atoms with E-state index in [0.29, 0.717) is 17.9 Å². The van der Waals surface area contributed by atoms with Crippen molar-refractivity contribution in [1.29, 1.82) is 0 Å². The fraction of sp³-hybridized carbons (Fsp3) is 0. The Hall–Kier alpha value is 0.310. The number of benzene rings is 2. The lowest BCUT2D eigenvalue weighted by Gasteiger charge is -2.07. The van der Waals surface area contributed by atoms with Crippen molar-refractivity contribution in [2.24, 2.45) is 0 Å². The van der Waals surface area contributed by atoms with Crippen molar-refractivity contribution in [2.75, 3.05) is 0 Å². The average molecular weight is 532 g/mol. The van der Waals surface area contributed by atoms with E-state index in [9.17, 15) is 8.42 Å². The van der Waals surface area contributed by atoms with Crippen LogP contribution in [0.25, 0.3) is 0 Å². The fourth-order valence-electron chi connectivity index (χ4n) is 1.40. The van der Waals surface area contributed by atoms with Crippen LogP contribution in [0.4, 0.5) is 0 Å². The largest absolute Gasteiger partial charge is 0.219 e. The van der Waals surface area contributed by atoms with Crippen molar-refractivity contribution >= 4 is 73.6 Å². The van der Waals surface area contributed by atoms with Crippen LogP contribution in [-0.4, -0.2) is 8.42 Å². The Labute approximate surface area is 145 Å². The van der Waals surface area contributed by atoms with E-state index < -0.39 is 9.84 Å². The molecule has 0 amide bonds. The van der Waals surface area contributed by atoms with Gasteiger partial charge in [-0.1, -0.05) is 63.7 Å². The Morgan fingerprint density at radius 2 is 0.947 bits per heavy atom. The molecule has 2 aromatic rings. The Morgan fingerprint density at radius 1 is 0.684 bits per heavy atom. The molecular weight excluding hydrogens is 528 g/mol. The second-order valence-electron chi connectivity index (χ2n) is 3.53. The lowest BCUT2D eigenvalue weighted by atomic mass is 10.4. The van der Waals surface area contributed by atoms with Crippen molar-refractivity contribution in [3.05, 3.63) is 54.3 Å². The zero-order chi connectivity index (χ0) is 14.2. The smallest absolute Gasteiger partial charge is 0.206 e. The zero-order valence-corrected chi connectivity index (χ0v) is 16.2. The molecule has 0 N–H and O–H groups in total. The van der Waals surface area contributed by atoms with Gasteiger partial charge in [0.2, 0.25) is 9.84 Å². The topological polar surface area (TPSA) is 34.1 Å². The summed E-state index contributed by atoms with van der Waals surface area (Å²) in [4.78, 5) is 0.380. The Kier molecular flexibility index (Phi) is 4.93. The highest BCUT2D eigenvalue weighted by atomic mass is 79.9. The molecule has 0 saturated heterocycles. The number of sulfone groups is 1. The number of halogens is 4. The monoisotopic (exact) mass is 528 g/mol. The average Bonchev–Trinajstić information content (AvgIpc) is 2.26. The first kappa shape index (κ1) is 15.7. The van der Waals surface area contributed by atoms with E-state index in [0.717, 1.165) is 0 Å². The normalized spacial score (nSPS) is 11.6. The third-order valence-corrected chi connectivity index (χ3v) is 5.60. The first-order valence-corrected chi connectivity index (χ1v) is 9.46. The van der Waals surface area contributed by atoms with Crippen LogP contribution in [0.2, 0.25) is 0 Å². The second-order valence-corrected chi connectivity index (χ2v) is 8.89. The predicted molar refractivity (Wildman–Crippen MR) is 86.8 cm³/mol. The molecule has 0 aliphatic carbocycles. The van der Waals surface area contributed by atoms with Crippen molar-refractivity contribution in [3.63, 3.8) is 0 Å². The van der Waals surface area contributed by atoms with Crippen molar-refractivity contribution in [1.82, 2.24) is 0 Å². The summed E-state index contributed by atoms with van der Waals surface area (Å²) in [6, 6.07) is 11.9. The van der Waals surface area contributed by atoms with E-state index in [1.807, 2.05) is 0 Å². The summed E-state index contributed by atoms with van der Waals surface area (Å²) >= 11 is 12.9. The first-order valence-electron chi connectivity index (χ1n) is 4.81. The maximum atomic E-state index is 12.5. The van der Waals surface area contributed by atoms with Crippen LogP contribution in [0, 0.1) is 12.1 Å². The molecule has 7 heteroatoms. The van der Waals surface area contributed by atoms with Crippen molar-refractivity contribution in [2.45, 2.75) is 9.79 Å². The molecule has 0 atom stereocenters. The summed E-state index contributed by atoms with van der Waals surface area (Å²) in [5.74, 6) is 0. The molecule has 19 heavy (non-hydrogen) atoms.